The fraction of sp³-hybridized carbons (Fsp3) is 0.688. The number of ether oxygens (including phenoxy) is 1. The van der Waals surface area contributed by atoms with Gasteiger partial charge in [-0.25, -0.2) is 0 Å². The largest absolute Gasteiger partial charge is 0.374 e. The van der Waals surface area contributed by atoms with E-state index in [2.05, 4.69) is 15.5 Å². The maximum Gasteiger partial charge on any atom is 0.243 e. The number of hydrogen-bond acceptors (Lipinski definition) is 7. The van der Waals surface area contributed by atoms with E-state index < -0.39 is 17.4 Å². The molecule has 0 spiro atoms. The lowest BCUT2D eigenvalue weighted by molar-refractivity contribution is -0.133. The number of aromatic nitrogens is 2. The molecule has 26 heavy (non-hydrogen) atoms. The highest BCUT2D eigenvalue weighted by Crippen LogP contribution is 2.32. The molecule has 1 aromatic rings. The number of amides is 3. The van der Waals surface area contributed by atoms with Gasteiger partial charge in [0.15, 0.2) is 0 Å². The third-order valence-corrected chi connectivity index (χ3v) is 5.82. The summed E-state index contributed by atoms with van der Waals surface area (Å²) in [6, 6.07) is 0. The first-order valence-electron chi connectivity index (χ1n) is 8.77. The molecule has 3 N–H and O–H groups in total. The lowest BCUT2D eigenvalue weighted by atomic mass is 9.95. The van der Waals surface area contributed by atoms with Crippen molar-refractivity contribution in [2.75, 3.05) is 18.1 Å². The minimum atomic E-state index is -0.971. The quantitative estimate of drug-likeness (QED) is 0.701. The van der Waals surface area contributed by atoms with Crippen LogP contribution in [0, 0.1) is 5.92 Å². The highest BCUT2D eigenvalue weighted by Gasteiger charge is 2.44. The molecule has 0 bridgehead atoms. The van der Waals surface area contributed by atoms with Crippen molar-refractivity contribution in [3.05, 3.63) is 5.01 Å². The lowest BCUT2D eigenvalue weighted by Gasteiger charge is -2.28. The van der Waals surface area contributed by atoms with Crippen molar-refractivity contribution in [1.29, 1.82) is 0 Å². The first-order chi connectivity index (χ1) is 12.4. The SMILES string of the molecule is CCOCc1nnc(N2CC(C(=O)NC3(C(N)=O)CCCC3)CC2=O)s1. The second kappa shape index (κ2) is 7.67. The van der Waals surface area contributed by atoms with Gasteiger partial charge in [-0.2, -0.15) is 0 Å². The number of carbonyl (C=O) groups excluding carboxylic acids is 3. The van der Waals surface area contributed by atoms with Crippen LogP contribution >= 0.6 is 11.3 Å². The normalized spacial score (nSPS) is 22.0. The molecule has 3 amide bonds. The van der Waals surface area contributed by atoms with E-state index in [1.165, 1.54) is 16.2 Å². The van der Waals surface area contributed by atoms with E-state index in [4.69, 9.17) is 10.5 Å². The fourth-order valence-corrected chi connectivity index (χ4v) is 4.22. The number of rotatable bonds is 7. The van der Waals surface area contributed by atoms with Crippen molar-refractivity contribution < 1.29 is 19.1 Å². The van der Waals surface area contributed by atoms with Gasteiger partial charge in [0.1, 0.15) is 17.2 Å². The Morgan fingerprint density at radius 3 is 2.77 bits per heavy atom. The Bertz CT molecular complexity index is 701. The van der Waals surface area contributed by atoms with Crippen LogP contribution in [0.2, 0.25) is 0 Å². The number of carbonyl (C=O) groups is 3. The van der Waals surface area contributed by atoms with E-state index in [9.17, 15) is 14.4 Å². The Morgan fingerprint density at radius 2 is 2.12 bits per heavy atom. The van der Waals surface area contributed by atoms with Crippen LogP contribution in [-0.2, 0) is 25.7 Å². The molecule has 9 nitrogen and oxygen atoms in total. The van der Waals surface area contributed by atoms with Gasteiger partial charge in [0, 0.05) is 19.6 Å². The molecule has 1 aliphatic carbocycles. The average Bonchev–Trinajstić information content (AvgIpc) is 3.32. The van der Waals surface area contributed by atoms with Crippen LogP contribution in [0.4, 0.5) is 5.13 Å². The first-order valence-corrected chi connectivity index (χ1v) is 9.59. The topological polar surface area (TPSA) is 128 Å². The molecule has 3 rings (SSSR count). The Morgan fingerprint density at radius 1 is 1.38 bits per heavy atom. The summed E-state index contributed by atoms with van der Waals surface area (Å²) in [5, 5.41) is 12.0. The molecular formula is C16H23N5O4S. The lowest BCUT2D eigenvalue weighted by Crippen LogP contribution is -2.57. The molecule has 10 heteroatoms. The molecule has 2 heterocycles. The summed E-state index contributed by atoms with van der Waals surface area (Å²) in [4.78, 5) is 38.2. The molecule has 2 fully saturated rings. The molecule has 142 valence electrons. The third-order valence-electron chi connectivity index (χ3n) is 4.90. The van der Waals surface area contributed by atoms with E-state index >= 15 is 0 Å². The molecular weight excluding hydrogens is 358 g/mol. The van der Waals surface area contributed by atoms with Crippen LogP contribution < -0.4 is 16.0 Å². The number of hydrogen-bond donors (Lipinski definition) is 2. The van der Waals surface area contributed by atoms with E-state index in [1.54, 1.807) is 0 Å². The van der Waals surface area contributed by atoms with Crippen LogP contribution in [-0.4, -0.2) is 46.6 Å². The molecule has 1 aromatic heterocycles. The molecule has 0 aromatic carbocycles. The number of primary amides is 1. The van der Waals surface area contributed by atoms with Crippen LogP contribution in [0.25, 0.3) is 0 Å². The zero-order chi connectivity index (χ0) is 18.7. The van der Waals surface area contributed by atoms with Crippen LogP contribution in [0.1, 0.15) is 44.0 Å². The van der Waals surface area contributed by atoms with Gasteiger partial charge >= 0.3 is 0 Å². The monoisotopic (exact) mass is 381 g/mol. The molecule has 1 atom stereocenters. The Balaban J connectivity index is 1.64. The van der Waals surface area contributed by atoms with Gasteiger partial charge in [-0.15, -0.1) is 10.2 Å². The minimum absolute atomic E-state index is 0.0844. The summed E-state index contributed by atoms with van der Waals surface area (Å²) in [6.45, 7) is 3.03. The highest BCUT2D eigenvalue weighted by atomic mass is 32.1. The smallest absolute Gasteiger partial charge is 0.243 e. The summed E-state index contributed by atoms with van der Waals surface area (Å²) in [5.41, 5.74) is 4.54. The van der Waals surface area contributed by atoms with Crippen molar-refractivity contribution in [3.63, 3.8) is 0 Å². The van der Waals surface area contributed by atoms with Gasteiger partial charge in [0.25, 0.3) is 0 Å². The van der Waals surface area contributed by atoms with E-state index in [-0.39, 0.29) is 24.8 Å². The van der Waals surface area contributed by atoms with Gasteiger partial charge in [-0.3, -0.25) is 19.3 Å². The zero-order valence-corrected chi connectivity index (χ0v) is 15.5. The van der Waals surface area contributed by atoms with Gasteiger partial charge in [-0.05, 0) is 19.8 Å². The van der Waals surface area contributed by atoms with Gasteiger partial charge in [0.2, 0.25) is 22.9 Å². The Hall–Kier alpha value is -2.07. The molecule has 2 aliphatic rings. The number of nitrogens with zero attached hydrogens (tertiary/aromatic N) is 3. The Kier molecular flexibility index (Phi) is 5.52. The molecule has 1 saturated carbocycles. The average molecular weight is 381 g/mol. The maximum absolute atomic E-state index is 12.6. The molecule has 1 aliphatic heterocycles. The fourth-order valence-electron chi connectivity index (χ4n) is 3.42. The Labute approximate surface area is 155 Å². The van der Waals surface area contributed by atoms with Crippen LogP contribution in [0.3, 0.4) is 0 Å². The van der Waals surface area contributed by atoms with Crippen molar-refractivity contribution in [2.24, 2.45) is 11.7 Å². The molecule has 1 saturated heterocycles. The van der Waals surface area contributed by atoms with Crippen molar-refractivity contribution >= 4 is 34.2 Å². The summed E-state index contributed by atoms with van der Waals surface area (Å²) < 4.78 is 5.29. The van der Waals surface area contributed by atoms with Crippen molar-refractivity contribution in [2.45, 2.75) is 51.2 Å². The van der Waals surface area contributed by atoms with Gasteiger partial charge in [-0.1, -0.05) is 24.2 Å². The molecule has 0 radical (unpaired) electrons. The summed E-state index contributed by atoms with van der Waals surface area (Å²) in [5.74, 6) is -1.52. The maximum atomic E-state index is 12.6. The van der Waals surface area contributed by atoms with E-state index in [0.717, 1.165) is 12.8 Å². The van der Waals surface area contributed by atoms with Crippen LogP contribution in [0.15, 0.2) is 0 Å². The first kappa shape index (κ1) is 18.7. The minimum Gasteiger partial charge on any atom is -0.374 e. The van der Waals surface area contributed by atoms with E-state index in [0.29, 0.717) is 36.2 Å². The predicted molar refractivity (Wildman–Crippen MR) is 94.2 cm³/mol. The summed E-state index contributed by atoms with van der Waals surface area (Å²) >= 11 is 1.28. The van der Waals surface area contributed by atoms with Gasteiger partial charge in [0.05, 0.1) is 5.92 Å². The third kappa shape index (κ3) is 3.70. The summed E-state index contributed by atoms with van der Waals surface area (Å²) in [7, 11) is 0. The number of nitrogens with one attached hydrogen (secondary N) is 1. The van der Waals surface area contributed by atoms with Gasteiger partial charge < -0.3 is 15.8 Å². The van der Waals surface area contributed by atoms with E-state index in [1.807, 2.05) is 6.92 Å². The van der Waals surface area contributed by atoms with Crippen LogP contribution in [0.5, 0.6) is 0 Å². The number of nitrogens with two attached hydrogens (primary N) is 1. The number of anilines is 1. The molecule has 1 unspecified atom stereocenters. The summed E-state index contributed by atoms with van der Waals surface area (Å²) in [6.07, 6.45) is 2.89. The zero-order valence-electron chi connectivity index (χ0n) is 14.7. The second-order valence-electron chi connectivity index (χ2n) is 6.66. The predicted octanol–water partition coefficient (Wildman–Crippen LogP) is 0.342. The standard InChI is InChI=1S/C16H23N5O4S/c1-2-25-9-11-19-20-15(26-11)21-8-10(7-12(21)22)13(23)18-16(14(17)24)5-3-4-6-16/h10H,2-9H2,1H3,(H2,17,24)(H,18,23). The van der Waals surface area contributed by atoms with Crippen molar-refractivity contribution in [3.8, 4) is 0 Å². The van der Waals surface area contributed by atoms with Crippen molar-refractivity contribution in [1.82, 2.24) is 15.5 Å². The highest BCUT2D eigenvalue weighted by molar-refractivity contribution is 7.15. The second-order valence-corrected chi connectivity index (χ2v) is 7.70.